The standard InChI is InChI=1S/C16H23NO2/c1-18-16-10-13(11-16)17-12-6-8-15(9-7-12)19-14-4-2-3-5-14/h6-9,13-14,16-17H,2-5,10-11H2,1H3. The summed E-state index contributed by atoms with van der Waals surface area (Å²) in [6.07, 6.45) is 8.14. The Balaban J connectivity index is 1.48. The Morgan fingerprint density at radius 3 is 2.32 bits per heavy atom. The molecule has 3 nitrogen and oxygen atoms in total. The van der Waals surface area contributed by atoms with Gasteiger partial charge in [0, 0.05) is 18.8 Å². The molecule has 19 heavy (non-hydrogen) atoms. The highest BCUT2D eigenvalue weighted by Gasteiger charge is 2.28. The van der Waals surface area contributed by atoms with Crippen LogP contribution in [-0.2, 0) is 4.74 Å². The number of ether oxygens (including phenoxy) is 2. The number of anilines is 1. The van der Waals surface area contributed by atoms with Crippen LogP contribution in [0, 0.1) is 0 Å². The van der Waals surface area contributed by atoms with E-state index in [0.29, 0.717) is 18.2 Å². The molecule has 2 aliphatic carbocycles. The summed E-state index contributed by atoms with van der Waals surface area (Å²) in [7, 11) is 1.79. The van der Waals surface area contributed by atoms with Gasteiger partial charge in [0.05, 0.1) is 12.2 Å². The van der Waals surface area contributed by atoms with Gasteiger partial charge in [-0.3, -0.25) is 0 Å². The molecule has 3 heteroatoms. The second kappa shape index (κ2) is 5.83. The van der Waals surface area contributed by atoms with Gasteiger partial charge in [-0.15, -0.1) is 0 Å². The topological polar surface area (TPSA) is 30.5 Å². The zero-order valence-corrected chi connectivity index (χ0v) is 11.6. The minimum Gasteiger partial charge on any atom is -0.490 e. The van der Waals surface area contributed by atoms with Crippen LogP contribution in [-0.4, -0.2) is 25.4 Å². The summed E-state index contributed by atoms with van der Waals surface area (Å²) in [5.41, 5.74) is 1.18. The van der Waals surface area contributed by atoms with Crippen molar-refractivity contribution in [1.82, 2.24) is 0 Å². The Bertz CT molecular complexity index is 392. The maximum Gasteiger partial charge on any atom is 0.119 e. The van der Waals surface area contributed by atoms with Crippen LogP contribution >= 0.6 is 0 Å². The fraction of sp³-hybridized carbons (Fsp3) is 0.625. The van der Waals surface area contributed by atoms with E-state index in [1.165, 1.54) is 31.4 Å². The lowest BCUT2D eigenvalue weighted by molar-refractivity contribution is 0.0329. The molecule has 0 unspecified atom stereocenters. The lowest BCUT2D eigenvalue weighted by Crippen LogP contribution is -2.40. The summed E-state index contributed by atoms with van der Waals surface area (Å²) in [4.78, 5) is 0. The van der Waals surface area contributed by atoms with Crippen molar-refractivity contribution in [2.45, 2.75) is 56.8 Å². The Hall–Kier alpha value is -1.22. The van der Waals surface area contributed by atoms with Gasteiger partial charge in [0.15, 0.2) is 0 Å². The molecule has 0 saturated heterocycles. The maximum absolute atomic E-state index is 5.96. The van der Waals surface area contributed by atoms with Crippen molar-refractivity contribution in [2.75, 3.05) is 12.4 Å². The molecule has 104 valence electrons. The third kappa shape index (κ3) is 3.21. The van der Waals surface area contributed by atoms with Crippen LogP contribution in [0.4, 0.5) is 5.69 Å². The fourth-order valence-electron chi connectivity index (χ4n) is 2.94. The van der Waals surface area contributed by atoms with Gasteiger partial charge in [-0.1, -0.05) is 0 Å². The Labute approximate surface area is 115 Å². The van der Waals surface area contributed by atoms with E-state index in [1.54, 1.807) is 7.11 Å². The Morgan fingerprint density at radius 1 is 1.00 bits per heavy atom. The van der Waals surface area contributed by atoms with Gasteiger partial charge >= 0.3 is 0 Å². The molecule has 2 aliphatic rings. The van der Waals surface area contributed by atoms with Crippen LogP contribution in [0.2, 0.25) is 0 Å². The van der Waals surface area contributed by atoms with Crippen molar-refractivity contribution >= 4 is 5.69 Å². The largest absolute Gasteiger partial charge is 0.490 e. The molecule has 2 fully saturated rings. The highest BCUT2D eigenvalue weighted by atomic mass is 16.5. The zero-order chi connectivity index (χ0) is 13.1. The smallest absolute Gasteiger partial charge is 0.119 e. The van der Waals surface area contributed by atoms with Crippen molar-refractivity contribution in [3.8, 4) is 5.75 Å². The van der Waals surface area contributed by atoms with Crippen LogP contribution in [0.25, 0.3) is 0 Å². The van der Waals surface area contributed by atoms with Crippen molar-refractivity contribution < 1.29 is 9.47 Å². The van der Waals surface area contributed by atoms with Crippen LogP contribution in [0.1, 0.15) is 38.5 Å². The molecule has 3 rings (SSSR count). The van der Waals surface area contributed by atoms with Gasteiger partial charge in [-0.05, 0) is 62.8 Å². The number of methoxy groups -OCH3 is 1. The van der Waals surface area contributed by atoms with E-state index < -0.39 is 0 Å². The third-order valence-electron chi connectivity index (χ3n) is 4.26. The summed E-state index contributed by atoms with van der Waals surface area (Å²) in [5, 5.41) is 3.53. The first-order valence-corrected chi connectivity index (χ1v) is 7.39. The van der Waals surface area contributed by atoms with E-state index in [-0.39, 0.29) is 0 Å². The van der Waals surface area contributed by atoms with E-state index in [1.807, 2.05) is 0 Å². The number of benzene rings is 1. The second-order valence-electron chi connectivity index (χ2n) is 5.72. The monoisotopic (exact) mass is 261 g/mol. The molecule has 0 bridgehead atoms. The molecule has 1 aromatic rings. The van der Waals surface area contributed by atoms with Crippen molar-refractivity contribution in [2.24, 2.45) is 0 Å². The lowest BCUT2D eigenvalue weighted by Gasteiger charge is -2.35. The number of hydrogen-bond acceptors (Lipinski definition) is 3. The molecule has 0 amide bonds. The van der Waals surface area contributed by atoms with E-state index in [0.717, 1.165) is 18.6 Å². The third-order valence-corrected chi connectivity index (χ3v) is 4.26. The summed E-state index contributed by atoms with van der Waals surface area (Å²) in [6.45, 7) is 0. The minimum atomic E-state index is 0.438. The molecule has 0 heterocycles. The van der Waals surface area contributed by atoms with E-state index >= 15 is 0 Å². The Morgan fingerprint density at radius 2 is 1.68 bits per heavy atom. The normalized spacial score (nSPS) is 27.0. The summed E-state index contributed by atoms with van der Waals surface area (Å²) < 4.78 is 11.2. The predicted molar refractivity (Wildman–Crippen MR) is 76.8 cm³/mol. The second-order valence-corrected chi connectivity index (χ2v) is 5.72. The van der Waals surface area contributed by atoms with Gasteiger partial charge in [0.2, 0.25) is 0 Å². The molecule has 0 radical (unpaired) electrons. The minimum absolute atomic E-state index is 0.438. The van der Waals surface area contributed by atoms with Crippen molar-refractivity contribution in [3.63, 3.8) is 0 Å². The average molecular weight is 261 g/mol. The molecule has 0 atom stereocenters. The molecule has 1 N–H and O–H groups in total. The van der Waals surface area contributed by atoms with Gasteiger partial charge in [0.25, 0.3) is 0 Å². The van der Waals surface area contributed by atoms with Gasteiger partial charge < -0.3 is 14.8 Å². The van der Waals surface area contributed by atoms with Gasteiger partial charge in [0.1, 0.15) is 5.75 Å². The van der Waals surface area contributed by atoms with Gasteiger partial charge in [-0.2, -0.15) is 0 Å². The molecule has 2 saturated carbocycles. The highest BCUT2D eigenvalue weighted by molar-refractivity contribution is 5.47. The van der Waals surface area contributed by atoms with Gasteiger partial charge in [-0.25, -0.2) is 0 Å². The molecular formula is C16H23NO2. The highest BCUT2D eigenvalue weighted by Crippen LogP contribution is 2.28. The summed E-state index contributed by atoms with van der Waals surface area (Å²) in [5.74, 6) is 1.00. The van der Waals surface area contributed by atoms with Crippen LogP contribution < -0.4 is 10.1 Å². The molecular weight excluding hydrogens is 238 g/mol. The van der Waals surface area contributed by atoms with Crippen molar-refractivity contribution in [3.05, 3.63) is 24.3 Å². The Kier molecular flexibility index (Phi) is 3.92. The van der Waals surface area contributed by atoms with Crippen LogP contribution in [0.5, 0.6) is 5.75 Å². The first kappa shape index (κ1) is 12.8. The average Bonchev–Trinajstić information content (AvgIpc) is 2.88. The molecule has 0 spiro atoms. The SMILES string of the molecule is COC1CC(Nc2ccc(OC3CCCC3)cc2)C1. The molecule has 1 aromatic carbocycles. The van der Waals surface area contributed by atoms with E-state index in [4.69, 9.17) is 9.47 Å². The predicted octanol–water partition coefficient (Wildman–Crippen LogP) is 3.60. The number of rotatable bonds is 5. The molecule has 0 aromatic heterocycles. The van der Waals surface area contributed by atoms with Crippen LogP contribution in [0.3, 0.4) is 0 Å². The first-order valence-electron chi connectivity index (χ1n) is 7.39. The molecule has 0 aliphatic heterocycles. The fourth-order valence-corrected chi connectivity index (χ4v) is 2.94. The summed E-state index contributed by atoms with van der Waals surface area (Å²) in [6, 6.07) is 8.95. The quantitative estimate of drug-likeness (QED) is 0.878. The number of nitrogens with one attached hydrogen (secondary N) is 1. The summed E-state index contributed by atoms with van der Waals surface area (Å²) >= 11 is 0. The number of hydrogen-bond donors (Lipinski definition) is 1. The van der Waals surface area contributed by atoms with Crippen LogP contribution in [0.15, 0.2) is 24.3 Å². The maximum atomic E-state index is 5.96. The first-order chi connectivity index (χ1) is 9.33. The zero-order valence-electron chi connectivity index (χ0n) is 11.6. The van der Waals surface area contributed by atoms with E-state index in [2.05, 4.69) is 29.6 Å². The lowest BCUT2D eigenvalue weighted by atomic mass is 9.89. The van der Waals surface area contributed by atoms with E-state index in [9.17, 15) is 0 Å². The van der Waals surface area contributed by atoms with Crippen molar-refractivity contribution in [1.29, 1.82) is 0 Å².